The quantitative estimate of drug-likeness (QED) is 0.380. The SMILES string of the molecule is CC/C=C\C/C=C\C/C=C\C/C=C\C=C\[C@@H](O)C/C=C\CCC(=O)[O-]. The van der Waals surface area contributed by atoms with E-state index in [0.717, 1.165) is 25.7 Å². The zero-order valence-electron chi connectivity index (χ0n) is 15.2. The molecule has 0 aromatic carbocycles. The van der Waals surface area contributed by atoms with Crippen molar-refractivity contribution >= 4 is 5.97 Å². The Morgan fingerprint density at radius 2 is 1.48 bits per heavy atom. The Bertz CT molecular complexity index is 493. The van der Waals surface area contributed by atoms with Crippen molar-refractivity contribution in [2.75, 3.05) is 0 Å². The molecule has 0 aliphatic heterocycles. The summed E-state index contributed by atoms with van der Waals surface area (Å²) in [4.78, 5) is 10.2. The van der Waals surface area contributed by atoms with Gasteiger partial charge in [-0.1, -0.05) is 79.8 Å². The summed E-state index contributed by atoms with van der Waals surface area (Å²) in [6.45, 7) is 2.13. The number of hydrogen-bond acceptors (Lipinski definition) is 3. The minimum absolute atomic E-state index is 0.0182. The maximum atomic E-state index is 10.2. The lowest BCUT2D eigenvalue weighted by atomic mass is 10.2. The van der Waals surface area contributed by atoms with Crippen molar-refractivity contribution in [1.29, 1.82) is 0 Å². The van der Waals surface area contributed by atoms with Crippen LogP contribution in [-0.2, 0) is 4.79 Å². The minimum Gasteiger partial charge on any atom is -0.550 e. The van der Waals surface area contributed by atoms with Crippen molar-refractivity contribution in [2.24, 2.45) is 0 Å². The zero-order valence-corrected chi connectivity index (χ0v) is 15.2. The topological polar surface area (TPSA) is 60.4 Å². The van der Waals surface area contributed by atoms with E-state index in [-0.39, 0.29) is 6.42 Å². The Balaban J connectivity index is 3.71. The van der Waals surface area contributed by atoms with E-state index >= 15 is 0 Å². The second kappa shape index (κ2) is 18.2. The van der Waals surface area contributed by atoms with Crippen molar-refractivity contribution < 1.29 is 15.0 Å². The molecular weight excluding hydrogens is 312 g/mol. The van der Waals surface area contributed by atoms with E-state index in [4.69, 9.17) is 0 Å². The smallest absolute Gasteiger partial charge is 0.0758 e. The van der Waals surface area contributed by atoms with Crippen LogP contribution in [0.5, 0.6) is 0 Å². The van der Waals surface area contributed by atoms with Gasteiger partial charge in [-0.25, -0.2) is 0 Å². The molecule has 0 heterocycles. The second-order valence-electron chi connectivity index (χ2n) is 5.53. The predicted octanol–water partition coefficient (Wildman–Crippen LogP) is 4.19. The van der Waals surface area contributed by atoms with E-state index in [0.29, 0.717) is 12.8 Å². The van der Waals surface area contributed by atoms with Gasteiger partial charge in [0, 0.05) is 5.97 Å². The van der Waals surface area contributed by atoms with Gasteiger partial charge in [-0.15, -0.1) is 0 Å². The van der Waals surface area contributed by atoms with Crippen LogP contribution in [0.2, 0.25) is 0 Å². The molecule has 0 radical (unpaired) electrons. The third kappa shape index (κ3) is 19.8. The van der Waals surface area contributed by atoms with Crippen LogP contribution in [0.25, 0.3) is 0 Å². The highest BCUT2D eigenvalue weighted by Crippen LogP contribution is 1.99. The number of aliphatic carboxylic acids is 1. The minimum atomic E-state index is -1.05. The molecule has 0 spiro atoms. The van der Waals surface area contributed by atoms with Gasteiger partial charge in [-0.05, 0) is 44.9 Å². The van der Waals surface area contributed by atoms with Gasteiger partial charge in [0.05, 0.1) is 6.10 Å². The first-order valence-corrected chi connectivity index (χ1v) is 8.98. The summed E-state index contributed by atoms with van der Waals surface area (Å²) >= 11 is 0. The zero-order chi connectivity index (χ0) is 18.6. The van der Waals surface area contributed by atoms with E-state index in [2.05, 4.69) is 43.4 Å². The average Bonchev–Trinajstić information content (AvgIpc) is 2.58. The largest absolute Gasteiger partial charge is 0.550 e. The Morgan fingerprint density at radius 1 is 0.880 bits per heavy atom. The van der Waals surface area contributed by atoms with Gasteiger partial charge < -0.3 is 15.0 Å². The molecule has 0 unspecified atom stereocenters. The molecule has 0 aromatic rings. The van der Waals surface area contributed by atoms with Crippen LogP contribution in [0.15, 0.2) is 72.9 Å². The van der Waals surface area contributed by atoms with Gasteiger partial charge in [0.2, 0.25) is 0 Å². The summed E-state index contributed by atoms with van der Waals surface area (Å²) in [6, 6.07) is 0. The highest BCUT2D eigenvalue weighted by Gasteiger charge is 1.93. The third-order valence-corrected chi connectivity index (χ3v) is 3.19. The lowest BCUT2D eigenvalue weighted by Crippen LogP contribution is -2.21. The van der Waals surface area contributed by atoms with E-state index in [1.807, 2.05) is 18.2 Å². The standard InChI is InChI=1S/C22H32O3/c1-2-3-4-5-6-7-8-9-10-11-12-13-15-18-21(23)19-16-14-17-20-22(24)25/h3-4,6-7,9-10,12-16,18,21,23H,2,5,8,11,17,19-20H2,1H3,(H,24,25)/p-1/b4-3-,7-6-,10-9-,13-12-,16-14-,18-15+/t21-/m1/s1. The fourth-order valence-electron chi connectivity index (χ4n) is 1.87. The maximum absolute atomic E-state index is 10.2. The molecule has 25 heavy (non-hydrogen) atoms. The predicted molar refractivity (Wildman–Crippen MR) is 104 cm³/mol. The van der Waals surface area contributed by atoms with Crippen molar-refractivity contribution in [2.45, 2.75) is 58.0 Å². The highest BCUT2D eigenvalue weighted by molar-refractivity contribution is 5.64. The molecule has 138 valence electrons. The van der Waals surface area contributed by atoms with Crippen molar-refractivity contribution in [3.05, 3.63) is 72.9 Å². The molecule has 0 amide bonds. The summed E-state index contributed by atoms with van der Waals surface area (Å²) in [6.07, 6.45) is 28.3. The molecule has 1 atom stereocenters. The number of allylic oxidation sites excluding steroid dienone is 10. The van der Waals surface area contributed by atoms with Gasteiger partial charge in [0.1, 0.15) is 0 Å². The normalized spacial score (nSPS) is 14.3. The third-order valence-electron chi connectivity index (χ3n) is 3.19. The van der Waals surface area contributed by atoms with Crippen LogP contribution in [0.3, 0.4) is 0 Å². The lowest BCUT2D eigenvalue weighted by Gasteiger charge is -2.00. The summed E-state index contributed by atoms with van der Waals surface area (Å²) in [7, 11) is 0. The highest BCUT2D eigenvalue weighted by atomic mass is 16.4. The van der Waals surface area contributed by atoms with E-state index in [1.165, 1.54) is 0 Å². The second-order valence-corrected chi connectivity index (χ2v) is 5.53. The van der Waals surface area contributed by atoms with E-state index < -0.39 is 12.1 Å². The number of carboxylic acids is 1. The molecule has 0 rings (SSSR count). The molecule has 0 aliphatic carbocycles. The van der Waals surface area contributed by atoms with Crippen molar-refractivity contribution in [3.8, 4) is 0 Å². The summed E-state index contributed by atoms with van der Waals surface area (Å²) in [5, 5.41) is 19.9. The molecule has 0 fully saturated rings. The first-order chi connectivity index (χ1) is 12.2. The van der Waals surface area contributed by atoms with Crippen LogP contribution in [-0.4, -0.2) is 17.2 Å². The van der Waals surface area contributed by atoms with E-state index in [9.17, 15) is 15.0 Å². The van der Waals surface area contributed by atoms with E-state index in [1.54, 1.807) is 18.2 Å². The molecule has 0 saturated heterocycles. The monoisotopic (exact) mass is 343 g/mol. The van der Waals surface area contributed by atoms with Crippen LogP contribution in [0, 0.1) is 0 Å². The van der Waals surface area contributed by atoms with Gasteiger partial charge in [-0.3, -0.25) is 0 Å². The summed E-state index contributed by atoms with van der Waals surface area (Å²) < 4.78 is 0. The molecular formula is C22H31O3-. The number of aliphatic hydroxyl groups excluding tert-OH is 1. The molecule has 0 saturated carbocycles. The van der Waals surface area contributed by atoms with Crippen molar-refractivity contribution in [3.63, 3.8) is 0 Å². The fraction of sp³-hybridized carbons (Fsp3) is 0.409. The molecule has 1 N–H and O–H groups in total. The molecule has 0 bridgehead atoms. The number of carbonyl (C=O) groups is 1. The van der Waals surface area contributed by atoms with Gasteiger partial charge in [0.15, 0.2) is 0 Å². The van der Waals surface area contributed by atoms with Crippen LogP contribution in [0.1, 0.15) is 51.9 Å². The first kappa shape index (κ1) is 22.9. The molecule has 3 nitrogen and oxygen atoms in total. The lowest BCUT2D eigenvalue weighted by molar-refractivity contribution is -0.305. The Kier molecular flexibility index (Phi) is 16.7. The summed E-state index contributed by atoms with van der Waals surface area (Å²) in [5.41, 5.74) is 0. The molecule has 0 aliphatic rings. The van der Waals surface area contributed by atoms with Gasteiger partial charge in [-0.2, -0.15) is 0 Å². The van der Waals surface area contributed by atoms with Crippen LogP contribution in [0.4, 0.5) is 0 Å². The summed E-state index contributed by atoms with van der Waals surface area (Å²) in [5.74, 6) is -1.05. The molecule has 0 aromatic heterocycles. The van der Waals surface area contributed by atoms with Crippen molar-refractivity contribution in [1.82, 2.24) is 0 Å². The number of carboxylic acid groups (broad SMARTS) is 1. The van der Waals surface area contributed by atoms with Crippen LogP contribution >= 0.6 is 0 Å². The molecule has 3 heteroatoms. The van der Waals surface area contributed by atoms with Gasteiger partial charge in [0.25, 0.3) is 0 Å². The number of rotatable bonds is 14. The number of hydrogen-bond donors (Lipinski definition) is 1. The Hall–Kier alpha value is -2.13. The Labute approximate surface area is 152 Å². The first-order valence-electron chi connectivity index (χ1n) is 8.98. The fourth-order valence-corrected chi connectivity index (χ4v) is 1.87. The Morgan fingerprint density at radius 3 is 2.08 bits per heavy atom. The number of aliphatic hydroxyl groups is 1. The average molecular weight is 343 g/mol. The maximum Gasteiger partial charge on any atom is 0.0758 e. The number of carbonyl (C=O) groups excluding carboxylic acids is 1. The van der Waals surface area contributed by atoms with Gasteiger partial charge >= 0.3 is 0 Å². The van der Waals surface area contributed by atoms with Crippen LogP contribution < -0.4 is 5.11 Å².